The topological polar surface area (TPSA) is 75.7 Å². The largest absolute Gasteiger partial charge is 0.573 e. The van der Waals surface area contributed by atoms with Crippen molar-refractivity contribution in [3.63, 3.8) is 0 Å². The molecule has 0 fully saturated rings. The lowest BCUT2D eigenvalue weighted by Crippen LogP contribution is -2.27. The van der Waals surface area contributed by atoms with E-state index in [4.69, 9.17) is 0 Å². The molecule has 0 saturated carbocycles. The van der Waals surface area contributed by atoms with Crippen LogP contribution in [0.1, 0.15) is 15.9 Å². The lowest BCUT2D eigenvalue weighted by molar-refractivity contribution is -0.274. The molecular weight excluding hydrogens is 385 g/mol. The van der Waals surface area contributed by atoms with Crippen LogP contribution < -0.4 is 14.4 Å². The fourth-order valence-electron chi connectivity index (χ4n) is 2.83. The predicted octanol–water partition coefficient (Wildman–Crippen LogP) is 3.16. The van der Waals surface area contributed by atoms with Crippen LogP contribution in [-0.2, 0) is 16.4 Å². The lowest BCUT2D eigenvalue weighted by Gasteiger charge is -2.16. The molecule has 0 aliphatic carbocycles. The van der Waals surface area contributed by atoms with Gasteiger partial charge in [-0.15, -0.1) is 13.2 Å². The van der Waals surface area contributed by atoms with E-state index in [1.165, 1.54) is 22.5 Å². The number of fused-ring (bicyclic) bond motifs is 1. The first kappa shape index (κ1) is 19.0. The highest BCUT2D eigenvalue weighted by molar-refractivity contribution is 7.92. The summed E-state index contributed by atoms with van der Waals surface area (Å²) in [5.41, 5.74) is 1.64. The van der Waals surface area contributed by atoms with E-state index in [2.05, 4.69) is 10.1 Å². The summed E-state index contributed by atoms with van der Waals surface area (Å²) in [6.07, 6.45) is -3.24. The molecule has 0 aromatic heterocycles. The van der Waals surface area contributed by atoms with E-state index in [1.807, 2.05) is 0 Å². The number of anilines is 2. The molecule has 27 heavy (non-hydrogen) atoms. The Bertz CT molecular complexity index is 990. The fraction of sp³-hybridized carbons (Fsp3) is 0.235. The van der Waals surface area contributed by atoms with E-state index in [9.17, 15) is 26.4 Å². The number of rotatable bonds is 4. The van der Waals surface area contributed by atoms with Crippen LogP contribution in [-0.4, -0.2) is 33.5 Å². The van der Waals surface area contributed by atoms with Crippen molar-refractivity contribution in [2.45, 2.75) is 12.8 Å². The van der Waals surface area contributed by atoms with E-state index in [0.29, 0.717) is 24.2 Å². The van der Waals surface area contributed by atoms with Gasteiger partial charge in [0.15, 0.2) is 0 Å². The van der Waals surface area contributed by atoms with Gasteiger partial charge in [-0.25, -0.2) is 8.42 Å². The van der Waals surface area contributed by atoms with Crippen molar-refractivity contribution in [2.75, 3.05) is 22.4 Å². The second kappa shape index (κ2) is 6.76. The van der Waals surface area contributed by atoms with Crippen molar-refractivity contribution in [3.05, 3.63) is 53.6 Å². The highest BCUT2D eigenvalue weighted by Gasteiger charge is 2.31. The molecular formula is C17H15F3N2O4S. The molecule has 6 nitrogen and oxygen atoms in total. The summed E-state index contributed by atoms with van der Waals surface area (Å²) in [7, 11) is -3.39. The molecule has 0 radical (unpaired) electrons. The molecule has 1 aliphatic heterocycles. The average Bonchev–Trinajstić information content (AvgIpc) is 2.96. The standard InChI is InChI=1S/C17H15F3N2O4S/c1-27(24,25)22-8-7-11-9-12(5-6-15(11)22)16(23)21-13-3-2-4-14(10-13)26-17(18,19)20/h2-6,9-10H,7-8H2,1H3,(H,21,23). The van der Waals surface area contributed by atoms with Crippen molar-refractivity contribution >= 4 is 27.3 Å². The van der Waals surface area contributed by atoms with Crippen molar-refractivity contribution in [2.24, 2.45) is 0 Å². The number of ether oxygens (including phenoxy) is 1. The number of alkyl halides is 3. The molecule has 1 aliphatic rings. The lowest BCUT2D eigenvalue weighted by atomic mass is 10.1. The molecule has 0 atom stereocenters. The summed E-state index contributed by atoms with van der Waals surface area (Å²) >= 11 is 0. The van der Waals surface area contributed by atoms with Crippen molar-refractivity contribution in [1.82, 2.24) is 0 Å². The minimum Gasteiger partial charge on any atom is -0.406 e. The van der Waals surface area contributed by atoms with Crippen LogP contribution in [0.3, 0.4) is 0 Å². The summed E-state index contributed by atoms with van der Waals surface area (Å²) in [4.78, 5) is 12.4. The Labute approximate surface area is 153 Å². The Balaban J connectivity index is 1.77. The molecule has 0 saturated heterocycles. The third-order valence-electron chi connectivity index (χ3n) is 3.92. The number of benzene rings is 2. The van der Waals surface area contributed by atoms with E-state index < -0.39 is 28.0 Å². The zero-order valence-corrected chi connectivity index (χ0v) is 14.9. The number of nitrogens with one attached hydrogen (secondary N) is 1. The molecule has 0 bridgehead atoms. The quantitative estimate of drug-likeness (QED) is 0.856. The van der Waals surface area contributed by atoms with Gasteiger partial charge in [0, 0.05) is 23.9 Å². The third kappa shape index (κ3) is 4.51. The van der Waals surface area contributed by atoms with Crippen LogP contribution >= 0.6 is 0 Å². The van der Waals surface area contributed by atoms with Gasteiger partial charge in [-0.1, -0.05) is 6.07 Å². The zero-order chi connectivity index (χ0) is 19.8. The average molecular weight is 400 g/mol. The second-order valence-corrected chi connectivity index (χ2v) is 7.87. The predicted molar refractivity (Wildman–Crippen MR) is 93.4 cm³/mol. The molecule has 0 spiro atoms. The number of carbonyl (C=O) groups is 1. The molecule has 3 rings (SSSR count). The van der Waals surface area contributed by atoms with Crippen LogP contribution in [0.25, 0.3) is 0 Å². The first-order chi connectivity index (χ1) is 12.5. The van der Waals surface area contributed by atoms with Gasteiger partial charge in [0.05, 0.1) is 11.9 Å². The Morgan fingerprint density at radius 2 is 1.93 bits per heavy atom. The van der Waals surface area contributed by atoms with E-state index in [0.717, 1.165) is 18.4 Å². The number of hydrogen-bond donors (Lipinski definition) is 1. The number of hydrogen-bond acceptors (Lipinski definition) is 4. The van der Waals surface area contributed by atoms with Gasteiger partial charge >= 0.3 is 6.36 Å². The van der Waals surface area contributed by atoms with Crippen LogP contribution in [0.2, 0.25) is 0 Å². The Kier molecular flexibility index (Phi) is 4.77. The first-order valence-corrected chi connectivity index (χ1v) is 9.65. The molecule has 1 amide bonds. The Morgan fingerprint density at radius 1 is 1.19 bits per heavy atom. The first-order valence-electron chi connectivity index (χ1n) is 7.81. The van der Waals surface area contributed by atoms with Crippen LogP contribution in [0, 0.1) is 0 Å². The Morgan fingerprint density at radius 3 is 2.59 bits per heavy atom. The van der Waals surface area contributed by atoms with Gasteiger partial charge in [0.2, 0.25) is 10.0 Å². The number of nitrogens with zero attached hydrogens (tertiary/aromatic N) is 1. The number of sulfonamides is 1. The van der Waals surface area contributed by atoms with Crippen molar-refractivity contribution < 1.29 is 31.1 Å². The SMILES string of the molecule is CS(=O)(=O)N1CCc2cc(C(=O)Nc3cccc(OC(F)(F)F)c3)ccc21. The highest BCUT2D eigenvalue weighted by atomic mass is 32.2. The van der Waals surface area contributed by atoms with Gasteiger partial charge < -0.3 is 10.1 Å². The normalized spacial score (nSPS) is 14.0. The Hall–Kier alpha value is -2.75. The van der Waals surface area contributed by atoms with Gasteiger partial charge in [-0.05, 0) is 42.3 Å². The van der Waals surface area contributed by atoms with Gasteiger partial charge in [0.25, 0.3) is 5.91 Å². The molecule has 0 unspecified atom stereocenters. The summed E-state index contributed by atoms with van der Waals surface area (Å²) in [6, 6.07) is 9.52. The molecule has 10 heteroatoms. The summed E-state index contributed by atoms with van der Waals surface area (Å²) < 4.78 is 65.4. The molecule has 2 aromatic carbocycles. The number of carbonyl (C=O) groups excluding carboxylic acids is 1. The maximum atomic E-state index is 12.4. The van der Waals surface area contributed by atoms with Gasteiger partial charge in [-0.3, -0.25) is 9.10 Å². The highest BCUT2D eigenvalue weighted by Crippen LogP contribution is 2.31. The summed E-state index contributed by atoms with van der Waals surface area (Å²) in [5.74, 6) is -0.974. The van der Waals surface area contributed by atoms with Crippen LogP contribution in [0.5, 0.6) is 5.75 Å². The second-order valence-electron chi connectivity index (χ2n) is 5.96. The van der Waals surface area contributed by atoms with Crippen LogP contribution in [0.15, 0.2) is 42.5 Å². The van der Waals surface area contributed by atoms with Crippen molar-refractivity contribution in [3.8, 4) is 5.75 Å². The number of halogens is 3. The van der Waals surface area contributed by atoms with E-state index in [-0.39, 0.29) is 11.3 Å². The molecule has 1 heterocycles. The fourth-order valence-corrected chi connectivity index (χ4v) is 3.79. The summed E-state index contributed by atoms with van der Waals surface area (Å²) in [6.45, 7) is 0.302. The van der Waals surface area contributed by atoms with Crippen molar-refractivity contribution in [1.29, 1.82) is 0 Å². The van der Waals surface area contributed by atoms with E-state index in [1.54, 1.807) is 12.1 Å². The maximum absolute atomic E-state index is 12.4. The molecule has 1 N–H and O–H groups in total. The number of amides is 1. The third-order valence-corrected chi connectivity index (χ3v) is 5.10. The van der Waals surface area contributed by atoms with E-state index >= 15 is 0 Å². The smallest absolute Gasteiger partial charge is 0.406 e. The maximum Gasteiger partial charge on any atom is 0.573 e. The van der Waals surface area contributed by atoms with Gasteiger partial charge in [0.1, 0.15) is 5.75 Å². The minimum atomic E-state index is -4.83. The van der Waals surface area contributed by atoms with Gasteiger partial charge in [-0.2, -0.15) is 0 Å². The summed E-state index contributed by atoms with van der Waals surface area (Å²) in [5, 5.41) is 2.50. The molecule has 144 valence electrons. The monoisotopic (exact) mass is 400 g/mol. The minimum absolute atomic E-state index is 0.139. The zero-order valence-electron chi connectivity index (χ0n) is 14.1. The molecule has 2 aromatic rings. The van der Waals surface area contributed by atoms with Crippen LogP contribution in [0.4, 0.5) is 24.5 Å².